The number of sulfonamides is 1. The largest absolute Gasteiger partial charge is 0.492 e. The van der Waals surface area contributed by atoms with Gasteiger partial charge in [0.2, 0.25) is 15.9 Å². The first-order valence-corrected chi connectivity index (χ1v) is 13.6. The Morgan fingerprint density at radius 2 is 1.44 bits per heavy atom. The van der Waals surface area contributed by atoms with Gasteiger partial charge in [-0.05, 0) is 66.4 Å². The summed E-state index contributed by atoms with van der Waals surface area (Å²) in [7, 11) is -3.72. The van der Waals surface area contributed by atoms with E-state index in [0.29, 0.717) is 22.9 Å². The van der Waals surface area contributed by atoms with Gasteiger partial charge in [-0.3, -0.25) is 9.10 Å². The van der Waals surface area contributed by atoms with Gasteiger partial charge in [0.15, 0.2) is 0 Å². The molecule has 3 aromatic carbocycles. The lowest BCUT2D eigenvalue weighted by molar-refractivity contribution is -0.121. The normalized spacial score (nSPS) is 12.5. The molecule has 0 aliphatic carbocycles. The molecule has 1 atom stereocenters. The molecule has 1 N–H and O–H groups in total. The molecule has 0 radical (unpaired) electrons. The lowest BCUT2D eigenvalue weighted by atomic mass is 9.87. The summed E-state index contributed by atoms with van der Waals surface area (Å²) in [6.45, 7) is 8.49. The summed E-state index contributed by atoms with van der Waals surface area (Å²) in [6.07, 6.45) is 1.08. The molecular weight excluding hydrogens is 476 g/mol. The second-order valence-corrected chi connectivity index (χ2v) is 11.4. The lowest BCUT2D eigenvalue weighted by Gasteiger charge is -2.28. The number of carbonyl (C=O) groups excluding carboxylic acids is 1. The average molecular weight is 511 g/mol. The molecule has 3 rings (SSSR count). The quantitative estimate of drug-likeness (QED) is 0.383. The average Bonchev–Trinajstić information content (AvgIpc) is 2.82. The maximum atomic E-state index is 12.8. The minimum atomic E-state index is -3.72. The first-order chi connectivity index (χ1) is 16.9. The second kappa shape index (κ2) is 11.5. The molecule has 0 aliphatic heterocycles. The van der Waals surface area contributed by atoms with Crippen LogP contribution in [0.2, 0.25) is 0 Å². The Morgan fingerprint density at radius 3 is 2.00 bits per heavy atom. The number of nitrogens with one attached hydrogen (secondary N) is 1. The van der Waals surface area contributed by atoms with Crippen LogP contribution in [0.5, 0.6) is 17.2 Å². The molecule has 36 heavy (non-hydrogen) atoms. The Labute approximate surface area is 214 Å². The van der Waals surface area contributed by atoms with Crippen molar-refractivity contribution in [3.05, 3.63) is 84.4 Å². The number of hydrogen-bond donors (Lipinski definition) is 1. The number of ether oxygens (including phenoxy) is 2. The van der Waals surface area contributed by atoms with E-state index in [9.17, 15) is 13.2 Å². The van der Waals surface area contributed by atoms with Gasteiger partial charge in [-0.15, -0.1) is 0 Å². The maximum absolute atomic E-state index is 12.8. The van der Waals surface area contributed by atoms with Crippen LogP contribution in [-0.2, 0) is 20.2 Å². The number of benzene rings is 3. The number of hydrogen-bond acceptors (Lipinski definition) is 5. The van der Waals surface area contributed by atoms with E-state index in [1.54, 1.807) is 31.2 Å². The Hall–Kier alpha value is -3.52. The summed E-state index contributed by atoms with van der Waals surface area (Å²) in [5.41, 5.74) is 1.64. The topological polar surface area (TPSA) is 84.9 Å². The lowest BCUT2D eigenvalue weighted by Crippen LogP contribution is -2.48. The number of rotatable bonds is 10. The van der Waals surface area contributed by atoms with Crippen molar-refractivity contribution in [1.29, 1.82) is 0 Å². The number of carbonyl (C=O) groups is 1. The molecule has 7 nitrogen and oxygen atoms in total. The van der Waals surface area contributed by atoms with Crippen LogP contribution in [0.15, 0.2) is 78.9 Å². The van der Waals surface area contributed by atoms with Gasteiger partial charge < -0.3 is 14.8 Å². The molecule has 0 bridgehead atoms. The van der Waals surface area contributed by atoms with Gasteiger partial charge in [-0.2, -0.15) is 0 Å². The van der Waals surface area contributed by atoms with Gasteiger partial charge in [-0.25, -0.2) is 8.42 Å². The fourth-order valence-corrected chi connectivity index (χ4v) is 4.81. The third-order valence-electron chi connectivity index (χ3n) is 5.55. The van der Waals surface area contributed by atoms with E-state index in [4.69, 9.17) is 9.47 Å². The zero-order valence-corrected chi connectivity index (χ0v) is 22.2. The van der Waals surface area contributed by atoms with E-state index in [-0.39, 0.29) is 18.6 Å². The molecule has 0 spiro atoms. The molecule has 0 fully saturated rings. The minimum Gasteiger partial charge on any atom is -0.492 e. The highest BCUT2D eigenvalue weighted by molar-refractivity contribution is 7.92. The third kappa shape index (κ3) is 7.49. The van der Waals surface area contributed by atoms with Crippen molar-refractivity contribution in [2.24, 2.45) is 0 Å². The summed E-state index contributed by atoms with van der Waals surface area (Å²) < 4.78 is 37.7. The third-order valence-corrected chi connectivity index (χ3v) is 6.79. The standard InChI is InChI=1S/C28H34N2O5S/c1-21(27(31)29-19-20-34-24-15-11-22(12-16-24)28(2,3)4)30(36(5,32)33)23-13-17-26(18-14-23)35-25-9-7-6-8-10-25/h6-18,21H,19-20H2,1-5H3,(H,29,31). The zero-order chi connectivity index (χ0) is 26.3. The minimum absolute atomic E-state index is 0.0589. The van der Waals surface area contributed by atoms with E-state index in [0.717, 1.165) is 10.6 Å². The molecule has 1 amide bonds. The first-order valence-electron chi connectivity index (χ1n) is 11.8. The number of nitrogens with zero attached hydrogens (tertiary/aromatic N) is 1. The van der Waals surface area contributed by atoms with Crippen molar-refractivity contribution in [2.45, 2.75) is 39.2 Å². The predicted molar refractivity (Wildman–Crippen MR) is 143 cm³/mol. The van der Waals surface area contributed by atoms with E-state index in [2.05, 4.69) is 26.1 Å². The highest BCUT2D eigenvalue weighted by Crippen LogP contribution is 2.27. The van der Waals surface area contributed by atoms with E-state index in [1.807, 2.05) is 54.6 Å². The van der Waals surface area contributed by atoms with Crippen LogP contribution in [-0.4, -0.2) is 39.8 Å². The Balaban J connectivity index is 1.58. The highest BCUT2D eigenvalue weighted by atomic mass is 32.2. The molecule has 0 aliphatic rings. The molecule has 8 heteroatoms. The SMILES string of the molecule is CC(C(=O)NCCOc1ccc(C(C)(C)C)cc1)N(c1ccc(Oc2ccccc2)cc1)S(C)(=O)=O. The zero-order valence-electron chi connectivity index (χ0n) is 21.4. The number of amides is 1. The van der Waals surface area contributed by atoms with Gasteiger partial charge in [0.05, 0.1) is 18.5 Å². The van der Waals surface area contributed by atoms with E-state index >= 15 is 0 Å². The smallest absolute Gasteiger partial charge is 0.243 e. The molecule has 0 saturated carbocycles. The molecule has 0 aromatic heterocycles. The molecule has 0 heterocycles. The highest BCUT2D eigenvalue weighted by Gasteiger charge is 2.29. The summed E-state index contributed by atoms with van der Waals surface area (Å²) in [5.74, 6) is 1.52. The van der Waals surface area contributed by atoms with Gasteiger partial charge in [-0.1, -0.05) is 51.1 Å². The van der Waals surface area contributed by atoms with Gasteiger partial charge in [0.25, 0.3) is 0 Å². The van der Waals surface area contributed by atoms with Crippen LogP contribution in [0.3, 0.4) is 0 Å². The fraction of sp³-hybridized carbons (Fsp3) is 0.321. The molecule has 0 saturated heterocycles. The van der Waals surface area contributed by atoms with Gasteiger partial charge in [0, 0.05) is 0 Å². The molecule has 3 aromatic rings. The maximum Gasteiger partial charge on any atom is 0.243 e. The molecule has 1 unspecified atom stereocenters. The Kier molecular flexibility index (Phi) is 8.63. The predicted octanol–water partition coefficient (Wildman–Crippen LogP) is 5.13. The van der Waals surface area contributed by atoms with Gasteiger partial charge >= 0.3 is 0 Å². The van der Waals surface area contributed by atoms with Crippen molar-refractivity contribution in [2.75, 3.05) is 23.7 Å². The number of anilines is 1. The van der Waals surface area contributed by atoms with Crippen molar-refractivity contribution < 1.29 is 22.7 Å². The summed E-state index contributed by atoms with van der Waals surface area (Å²) in [6, 6.07) is 22.8. The fourth-order valence-electron chi connectivity index (χ4n) is 3.64. The molecule has 192 valence electrons. The number of para-hydroxylation sites is 1. The summed E-state index contributed by atoms with van der Waals surface area (Å²) >= 11 is 0. The van der Waals surface area contributed by atoms with Crippen molar-refractivity contribution >= 4 is 21.6 Å². The Bertz CT molecular complexity index is 1240. The van der Waals surface area contributed by atoms with Crippen LogP contribution < -0.4 is 19.1 Å². The van der Waals surface area contributed by atoms with Crippen molar-refractivity contribution in [1.82, 2.24) is 5.32 Å². The van der Waals surface area contributed by atoms with Gasteiger partial charge in [0.1, 0.15) is 29.9 Å². The van der Waals surface area contributed by atoms with Crippen molar-refractivity contribution in [3.8, 4) is 17.2 Å². The monoisotopic (exact) mass is 510 g/mol. The van der Waals surface area contributed by atoms with Crippen LogP contribution in [0.25, 0.3) is 0 Å². The van der Waals surface area contributed by atoms with Crippen LogP contribution >= 0.6 is 0 Å². The second-order valence-electron chi connectivity index (χ2n) is 9.56. The van der Waals surface area contributed by atoms with Crippen molar-refractivity contribution in [3.63, 3.8) is 0 Å². The Morgan fingerprint density at radius 1 is 0.889 bits per heavy atom. The van der Waals surface area contributed by atoms with E-state index < -0.39 is 22.0 Å². The van der Waals surface area contributed by atoms with E-state index in [1.165, 1.54) is 5.56 Å². The molecular formula is C28H34N2O5S. The van der Waals surface area contributed by atoms with Crippen LogP contribution in [0, 0.1) is 0 Å². The van der Waals surface area contributed by atoms with Crippen LogP contribution in [0.1, 0.15) is 33.3 Å². The first kappa shape index (κ1) is 27.1. The van der Waals surface area contributed by atoms with Crippen LogP contribution in [0.4, 0.5) is 5.69 Å². The summed E-state index contributed by atoms with van der Waals surface area (Å²) in [5, 5.41) is 2.76. The summed E-state index contributed by atoms with van der Waals surface area (Å²) in [4.78, 5) is 12.8.